The maximum atomic E-state index is 12.1. The van der Waals surface area contributed by atoms with Gasteiger partial charge in [0.15, 0.2) is 5.82 Å². The van der Waals surface area contributed by atoms with E-state index in [0.29, 0.717) is 16.5 Å². The molecule has 9 heteroatoms. The summed E-state index contributed by atoms with van der Waals surface area (Å²) >= 11 is 1.40. The highest BCUT2D eigenvalue weighted by molar-refractivity contribution is 7.12. The first kappa shape index (κ1) is 13.8. The number of carbonyl (C=O) groups is 1. The van der Waals surface area contributed by atoms with Crippen LogP contribution >= 0.6 is 11.3 Å². The molecule has 3 heterocycles. The Morgan fingerprint density at radius 3 is 2.86 bits per heavy atom. The topological polar surface area (TPSA) is 98.3 Å². The lowest BCUT2D eigenvalue weighted by molar-refractivity contribution is 0.0602. The monoisotopic (exact) mass is 308 g/mol. The first-order valence-corrected chi connectivity index (χ1v) is 7.42. The lowest BCUT2D eigenvalue weighted by Gasteiger charge is -2.27. The summed E-state index contributed by atoms with van der Waals surface area (Å²) < 4.78 is 6.34. The molecular weight excluding hydrogens is 292 g/mol. The van der Waals surface area contributed by atoms with Gasteiger partial charge in [0.2, 0.25) is 5.13 Å². The number of hydrogen-bond acceptors (Lipinski definition) is 8. The van der Waals surface area contributed by atoms with Crippen LogP contribution in [-0.4, -0.2) is 54.0 Å². The summed E-state index contributed by atoms with van der Waals surface area (Å²) in [4.78, 5) is 18.3. The molecule has 3 rings (SSSR count). The first-order chi connectivity index (χ1) is 10.2. The lowest BCUT2D eigenvalue weighted by Crippen LogP contribution is -2.44. The van der Waals surface area contributed by atoms with Crippen molar-refractivity contribution < 1.29 is 9.53 Å². The summed E-state index contributed by atoms with van der Waals surface area (Å²) in [6.07, 6.45) is 1.67. The van der Waals surface area contributed by atoms with E-state index in [1.165, 1.54) is 23.1 Å². The fourth-order valence-corrected chi connectivity index (χ4v) is 2.89. The van der Waals surface area contributed by atoms with Gasteiger partial charge >= 0.3 is 5.97 Å². The van der Waals surface area contributed by atoms with Gasteiger partial charge < -0.3 is 20.7 Å². The average Bonchev–Trinajstić information content (AvgIpc) is 3.15. The van der Waals surface area contributed by atoms with Crippen molar-refractivity contribution in [2.45, 2.75) is 0 Å². The molecule has 0 saturated carbocycles. The van der Waals surface area contributed by atoms with E-state index in [-0.39, 0.29) is 5.82 Å². The third-order valence-electron chi connectivity index (χ3n) is 3.31. The highest BCUT2D eigenvalue weighted by atomic mass is 32.1. The third-order valence-corrected chi connectivity index (χ3v) is 4.06. The van der Waals surface area contributed by atoms with E-state index in [4.69, 9.17) is 10.5 Å². The zero-order valence-electron chi connectivity index (χ0n) is 11.6. The number of nitrogens with one attached hydrogen (secondary N) is 1. The number of esters is 1. The second kappa shape index (κ2) is 5.70. The van der Waals surface area contributed by atoms with Crippen molar-refractivity contribution in [2.75, 3.05) is 43.9 Å². The van der Waals surface area contributed by atoms with Crippen molar-refractivity contribution in [3.05, 3.63) is 17.1 Å². The maximum Gasteiger partial charge on any atom is 0.345 e. The number of carbonyl (C=O) groups excluding carboxylic acids is 1. The van der Waals surface area contributed by atoms with E-state index < -0.39 is 5.97 Å². The normalized spacial score (nSPS) is 15.2. The molecule has 0 radical (unpaired) electrons. The van der Waals surface area contributed by atoms with Crippen LogP contribution in [0.3, 0.4) is 0 Å². The van der Waals surface area contributed by atoms with Crippen molar-refractivity contribution in [3.8, 4) is 5.13 Å². The zero-order chi connectivity index (χ0) is 14.8. The molecule has 1 aliphatic heterocycles. The summed E-state index contributed by atoms with van der Waals surface area (Å²) in [7, 11) is 1.34. The van der Waals surface area contributed by atoms with Crippen molar-refractivity contribution in [2.24, 2.45) is 0 Å². The standard InChI is InChI=1S/C12H16N6O2S/c1-20-11(19)8-9(13)18(12-15-4-7-21-12)16-10(8)17-5-2-14-3-6-17/h4,7,14H,2-3,5-6,13H2,1H3. The Balaban J connectivity index is 2.08. The number of thiazole rings is 1. The van der Waals surface area contributed by atoms with Gasteiger partial charge in [-0.2, -0.15) is 4.68 Å². The summed E-state index contributed by atoms with van der Waals surface area (Å²) in [5.41, 5.74) is 6.40. The predicted octanol–water partition coefficient (Wildman–Crippen LogP) is 0.107. The smallest absolute Gasteiger partial charge is 0.345 e. The van der Waals surface area contributed by atoms with Crippen LogP contribution in [0.2, 0.25) is 0 Å². The van der Waals surface area contributed by atoms with Crippen LogP contribution in [0.15, 0.2) is 11.6 Å². The van der Waals surface area contributed by atoms with Gasteiger partial charge in [0.25, 0.3) is 0 Å². The minimum Gasteiger partial charge on any atom is -0.465 e. The van der Waals surface area contributed by atoms with Gasteiger partial charge in [-0.25, -0.2) is 9.78 Å². The first-order valence-electron chi connectivity index (χ1n) is 6.54. The largest absolute Gasteiger partial charge is 0.465 e. The molecule has 1 saturated heterocycles. The van der Waals surface area contributed by atoms with Crippen LogP contribution in [-0.2, 0) is 4.74 Å². The Hall–Kier alpha value is -2.13. The number of piperazine rings is 1. The fourth-order valence-electron chi connectivity index (χ4n) is 2.28. The number of nitrogens with two attached hydrogens (primary N) is 1. The Labute approximate surface area is 125 Å². The van der Waals surface area contributed by atoms with Crippen molar-refractivity contribution in [1.29, 1.82) is 0 Å². The van der Waals surface area contributed by atoms with Crippen LogP contribution < -0.4 is 16.0 Å². The summed E-state index contributed by atoms with van der Waals surface area (Å²) in [6.45, 7) is 3.20. The minimum atomic E-state index is -0.483. The number of nitrogen functional groups attached to an aromatic ring is 1. The van der Waals surface area contributed by atoms with Crippen LogP contribution in [0, 0.1) is 0 Å². The van der Waals surface area contributed by atoms with Crippen LogP contribution in [0.1, 0.15) is 10.4 Å². The minimum absolute atomic E-state index is 0.255. The Morgan fingerprint density at radius 1 is 1.48 bits per heavy atom. The molecule has 0 spiro atoms. The second-order valence-corrected chi connectivity index (χ2v) is 5.41. The van der Waals surface area contributed by atoms with Crippen molar-refractivity contribution >= 4 is 28.9 Å². The summed E-state index contributed by atoms with van der Waals surface area (Å²) in [5, 5.41) is 10.2. The molecule has 112 valence electrons. The van der Waals surface area contributed by atoms with Crippen LogP contribution in [0.4, 0.5) is 11.6 Å². The lowest BCUT2D eigenvalue weighted by atomic mass is 10.2. The molecule has 2 aromatic heterocycles. The SMILES string of the molecule is COC(=O)c1c(N2CCNCC2)nn(-c2nccs2)c1N. The highest BCUT2D eigenvalue weighted by Crippen LogP contribution is 2.29. The summed E-state index contributed by atoms with van der Waals surface area (Å²) in [6, 6.07) is 0. The van der Waals surface area contributed by atoms with Gasteiger partial charge in [-0.05, 0) is 0 Å². The summed E-state index contributed by atoms with van der Waals surface area (Å²) in [5.74, 6) is 0.324. The van der Waals surface area contributed by atoms with E-state index >= 15 is 0 Å². The van der Waals surface area contributed by atoms with Gasteiger partial charge in [0.1, 0.15) is 11.4 Å². The molecule has 0 aromatic carbocycles. The van der Waals surface area contributed by atoms with E-state index in [2.05, 4.69) is 15.4 Å². The van der Waals surface area contributed by atoms with E-state index in [1.807, 2.05) is 10.3 Å². The van der Waals surface area contributed by atoms with Gasteiger partial charge in [-0.1, -0.05) is 0 Å². The third kappa shape index (κ3) is 2.45. The van der Waals surface area contributed by atoms with Crippen molar-refractivity contribution in [3.63, 3.8) is 0 Å². The van der Waals surface area contributed by atoms with E-state index in [9.17, 15) is 4.79 Å². The predicted molar refractivity (Wildman–Crippen MR) is 80.1 cm³/mol. The molecule has 0 aliphatic carbocycles. The molecule has 3 N–H and O–H groups in total. The highest BCUT2D eigenvalue weighted by Gasteiger charge is 2.28. The maximum absolute atomic E-state index is 12.1. The zero-order valence-corrected chi connectivity index (χ0v) is 12.4. The van der Waals surface area contributed by atoms with Gasteiger partial charge in [0.05, 0.1) is 7.11 Å². The molecule has 0 amide bonds. The van der Waals surface area contributed by atoms with Crippen molar-refractivity contribution in [1.82, 2.24) is 20.1 Å². The average molecular weight is 308 g/mol. The Kier molecular flexibility index (Phi) is 3.76. The molecule has 1 aliphatic rings. The Morgan fingerprint density at radius 2 is 2.24 bits per heavy atom. The molecule has 8 nitrogen and oxygen atoms in total. The number of aromatic nitrogens is 3. The fraction of sp³-hybridized carbons (Fsp3) is 0.417. The van der Waals surface area contributed by atoms with Gasteiger partial charge in [0, 0.05) is 37.8 Å². The van der Waals surface area contributed by atoms with Gasteiger partial charge in [-0.3, -0.25) is 0 Å². The van der Waals surface area contributed by atoms with Crippen LogP contribution in [0.25, 0.3) is 5.13 Å². The molecule has 0 unspecified atom stereocenters. The molecule has 21 heavy (non-hydrogen) atoms. The Bertz CT molecular complexity index is 632. The molecule has 2 aromatic rings. The second-order valence-electron chi connectivity index (χ2n) is 4.54. The molecule has 0 bridgehead atoms. The number of anilines is 2. The van der Waals surface area contributed by atoms with Crippen LogP contribution in [0.5, 0.6) is 0 Å². The quantitative estimate of drug-likeness (QED) is 0.776. The molecular formula is C12H16N6O2S. The number of hydrogen-bond donors (Lipinski definition) is 2. The van der Waals surface area contributed by atoms with Gasteiger partial charge in [-0.15, -0.1) is 16.4 Å². The molecule has 1 fully saturated rings. The number of methoxy groups -OCH3 is 1. The number of rotatable bonds is 3. The van der Waals surface area contributed by atoms with E-state index in [1.54, 1.807) is 6.20 Å². The van der Waals surface area contributed by atoms with E-state index in [0.717, 1.165) is 26.2 Å². The number of nitrogens with zero attached hydrogens (tertiary/aromatic N) is 4. The molecule has 0 atom stereocenters. The number of ether oxygens (including phenoxy) is 1.